The molecule has 2 aromatic rings. The van der Waals surface area contributed by atoms with E-state index in [0.717, 1.165) is 24.3 Å². The summed E-state index contributed by atoms with van der Waals surface area (Å²) >= 11 is 0. The second-order valence-electron chi connectivity index (χ2n) is 8.42. The number of alkyl halides is 3. The summed E-state index contributed by atoms with van der Waals surface area (Å²) in [6.45, 7) is 6.81. The van der Waals surface area contributed by atoms with Gasteiger partial charge in [0.05, 0.1) is 10.5 Å². The highest BCUT2D eigenvalue weighted by atomic mass is 32.2. The molecule has 0 spiro atoms. The van der Waals surface area contributed by atoms with Crippen LogP contribution in [0.1, 0.15) is 52.6 Å². The van der Waals surface area contributed by atoms with Crippen LogP contribution in [0.4, 0.5) is 13.2 Å². The van der Waals surface area contributed by atoms with Crippen molar-refractivity contribution in [2.24, 2.45) is 0 Å². The summed E-state index contributed by atoms with van der Waals surface area (Å²) in [5.41, 5.74) is -0.771. The number of halogens is 3. The molecular formula is C22H26F3N3O4S. The van der Waals surface area contributed by atoms with E-state index in [-0.39, 0.29) is 29.1 Å². The van der Waals surface area contributed by atoms with Gasteiger partial charge < -0.3 is 10.6 Å². The Bertz CT molecular complexity index is 1120. The minimum absolute atomic E-state index is 0.0220. The number of sulfonamides is 1. The fourth-order valence-electron chi connectivity index (χ4n) is 2.83. The van der Waals surface area contributed by atoms with Crippen molar-refractivity contribution in [3.8, 4) is 0 Å². The van der Waals surface area contributed by atoms with E-state index in [1.807, 2.05) is 0 Å². The van der Waals surface area contributed by atoms with Crippen molar-refractivity contribution >= 4 is 21.8 Å². The van der Waals surface area contributed by atoms with E-state index in [0.29, 0.717) is 5.56 Å². The first kappa shape index (κ1) is 26.3. The van der Waals surface area contributed by atoms with Crippen LogP contribution in [0, 0.1) is 6.92 Å². The molecule has 0 bridgehead atoms. The van der Waals surface area contributed by atoms with Gasteiger partial charge in [0.1, 0.15) is 0 Å². The third-order valence-electron chi connectivity index (χ3n) is 4.38. The maximum atomic E-state index is 12.6. The topological polar surface area (TPSA) is 104 Å². The van der Waals surface area contributed by atoms with Crippen molar-refractivity contribution in [3.05, 3.63) is 64.7 Å². The molecule has 0 atom stereocenters. The summed E-state index contributed by atoms with van der Waals surface area (Å²) in [5.74, 6) is -1.11. The van der Waals surface area contributed by atoms with Crippen molar-refractivity contribution in [2.75, 3.05) is 13.1 Å². The van der Waals surface area contributed by atoms with Crippen molar-refractivity contribution in [3.63, 3.8) is 0 Å². The summed E-state index contributed by atoms with van der Waals surface area (Å²) in [6.07, 6.45) is -4.49. The lowest BCUT2D eigenvalue weighted by Crippen LogP contribution is -2.40. The second-order valence-corrected chi connectivity index (χ2v) is 10.1. The Morgan fingerprint density at radius 1 is 0.879 bits per heavy atom. The molecule has 0 aliphatic carbocycles. The van der Waals surface area contributed by atoms with Crippen LogP contribution in [-0.2, 0) is 16.2 Å². The monoisotopic (exact) mass is 485 g/mol. The molecule has 2 aromatic carbocycles. The third kappa shape index (κ3) is 7.57. The third-order valence-corrected chi connectivity index (χ3v) is 6.13. The zero-order valence-corrected chi connectivity index (χ0v) is 19.4. The maximum absolute atomic E-state index is 12.6. The van der Waals surface area contributed by atoms with Crippen LogP contribution < -0.4 is 15.4 Å². The largest absolute Gasteiger partial charge is 0.416 e. The quantitative estimate of drug-likeness (QED) is 0.524. The van der Waals surface area contributed by atoms with Crippen LogP contribution in [0.2, 0.25) is 0 Å². The molecule has 0 aliphatic rings. The molecule has 0 aliphatic heterocycles. The Balaban J connectivity index is 1.96. The maximum Gasteiger partial charge on any atom is 0.416 e. The van der Waals surface area contributed by atoms with E-state index in [1.165, 1.54) is 18.2 Å². The molecule has 0 saturated heterocycles. The number of benzene rings is 2. The minimum Gasteiger partial charge on any atom is -0.350 e. The first-order valence-corrected chi connectivity index (χ1v) is 11.5. The summed E-state index contributed by atoms with van der Waals surface area (Å²) in [7, 11) is -3.83. The number of carbonyl (C=O) groups excluding carboxylic acids is 2. The normalized spacial score (nSPS) is 12.3. The molecule has 7 nitrogen and oxygen atoms in total. The Labute approximate surface area is 190 Å². The van der Waals surface area contributed by atoms with E-state index >= 15 is 0 Å². The average Bonchev–Trinajstić information content (AvgIpc) is 2.68. The molecule has 11 heteroatoms. The zero-order chi connectivity index (χ0) is 25.0. The zero-order valence-electron chi connectivity index (χ0n) is 18.6. The Hall–Kier alpha value is -2.92. The predicted octanol–water partition coefficient (Wildman–Crippen LogP) is 3.25. The van der Waals surface area contributed by atoms with Crippen LogP contribution in [0.15, 0.2) is 47.4 Å². The van der Waals surface area contributed by atoms with Gasteiger partial charge >= 0.3 is 6.18 Å². The molecule has 180 valence electrons. The number of rotatable bonds is 7. The highest BCUT2D eigenvalue weighted by Gasteiger charge is 2.30. The molecule has 0 unspecified atom stereocenters. The standard InChI is InChI=1S/C22H26F3N3O4S/c1-14-5-10-17(33(31,32)28-21(2,3)4)13-18(14)20(30)27-12-11-26-19(29)15-6-8-16(9-7-15)22(23,24)25/h5-10,13,28H,11-12H2,1-4H3,(H,26,29)(H,27,30). The van der Waals surface area contributed by atoms with E-state index in [2.05, 4.69) is 15.4 Å². The van der Waals surface area contributed by atoms with Gasteiger partial charge in [-0.25, -0.2) is 13.1 Å². The predicted molar refractivity (Wildman–Crippen MR) is 117 cm³/mol. The lowest BCUT2D eigenvalue weighted by atomic mass is 10.1. The molecule has 2 amide bonds. The lowest BCUT2D eigenvalue weighted by Gasteiger charge is -2.20. The van der Waals surface area contributed by atoms with Gasteiger partial charge in [-0.1, -0.05) is 6.07 Å². The lowest BCUT2D eigenvalue weighted by molar-refractivity contribution is -0.137. The summed E-state index contributed by atoms with van der Waals surface area (Å²) in [5, 5.41) is 5.08. The Morgan fingerprint density at radius 2 is 1.42 bits per heavy atom. The Kier molecular flexibility index (Phi) is 7.91. The molecule has 0 fully saturated rings. The molecular weight excluding hydrogens is 459 g/mol. The van der Waals surface area contributed by atoms with E-state index < -0.39 is 39.1 Å². The number of nitrogens with one attached hydrogen (secondary N) is 3. The summed E-state index contributed by atoms with van der Waals surface area (Å²) in [4.78, 5) is 24.5. The smallest absolute Gasteiger partial charge is 0.350 e. The van der Waals surface area contributed by atoms with Crippen LogP contribution in [0.25, 0.3) is 0 Å². The highest BCUT2D eigenvalue weighted by Crippen LogP contribution is 2.29. The van der Waals surface area contributed by atoms with Crippen LogP contribution in [0.5, 0.6) is 0 Å². The van der Waals surface area contributed by atoms with Crippen molar-refractivity contribution in [1.29, 1.82) is 0 Å². The fourth-order valence-corrected chi connectivity index (χ4v) is 4.28. The summed E-state index contributed by atoms with van der Waals surface area (Å²) < 4.78 is 65.4. The van der Waals surface area contributed by atoms with Gasteiger partial charge in [-0.3, -0.25) is 9.59 Å². The Morgan fingerprint density at radius 3 is 1.94 bits per heavy atom. The molecule has 33 heavy (non-hydrogen) atoms. The van der Waals surface area contributed by atoms with Crippen LogP contribution in [-0.4, -0.2) is 38.9 Å². The fraction of sp³-hybridized carbons (Fsp3) is 0.364. The average molecular weight is 486 g/mol. The number of amides is 2. The minimum atomic E-state index is -4.49. The second kappa shape index (κ2) is 9.92. The van der Waals surface area contributed by atoms with Crippen LogP contribution in [0.3, 0.4) is 0 Å². The molecule has 0 radical (unpaired) electrons. The number of carbonyl (C=O) groups is 2. The summed E-state index contributed by atoms with van der Waals surface area (Å²) in [6, 6.07) is 7.97. The van der Waals surface area contributed by atoms with Gasteiger partial charge in [0.25, 0.3) is 11.8 Å². The molecule has 3 N–H and O–H groups in total. The molecule has 0 saturated carbocycles. The molecule has 2 rings (SSSR count). The van der Waals surface area contributed by atoms with Gasteiger partial charge in [0, 0.05) is 29.8 Å². The van der Waals surface area contributed by atoms with E-state index in [4.69, 9.17) is 0 Å². The van der Waals surface area contributed by atoms with Gasteiger partial charge in [0.2, 0.25) is 10.0 Å². The van der Waals surface area contributed by atoms with E-state index in [9.17, 15) is 31.2 Å². The number of aryl methyl sites for hydroxylation is 1. The van der Waals surface area contributed by atoms with E-state index in [1.54, 1.807) is 27.7 Å². The van der Waals surface area contributed by atoms with Crippen molar-refractivity contribution in [1.82, 2.24) is 15.4 Å². The molecule has 0 aromatic heterocycles. The van der Waals surface area contributed by atoms with Crippen molar-refractivity contribution < 1.29 is 31.2 Å². The van der Waals surface area contributed by atoms with Gasteiger partial charge in [-0.05, 0) is 69.7 Å². The van der Waals surface area contributed by atoms with Crippen molar-refractivity contribution in [2.45, 2.75) is 44.3 Å². The first-order chi connectivity index (χ1) is 15.1. The van der Waals surface area contributed by atoms with Gasteiger partial charge in [0.15, 0.2) is 0 Å². The van der Waals surface area contributed by atoms with Gasteiger partial charge in [-0.15, -0.1) is 0 Å². The molecule has 0 heterocycles. The van der Waals surface area contributed by atoms with Crippen LogP contribution >= 0.6 is 0 Å². The number of hydrogen-bond acceptors (Lipinski definition) is 4. The SMILES string of the molecule is Cc1ccc(S(=O)(=O)NC(C)(C)C)cc1C(=O)NCCNC(=O)c1ccc(C(F)(F)F)cc1. The van der Waals surface area contributed by atoms with Gasteiger partial charge in [-0.2, -0.15) is 13.2 Å². The number of hydrogen-bond donors (Lipinski definition) is 3. The highest BCUT2D eigenvalue weighted by molar-refractivity contribution is 7.89. The first-order valence-electron chi connectivity index (χ1n) is 9.98.